The highest BCUT2D eigenvalue weighted by atomic mass is 16.3. The minimum atomic E-state index is -0.379. The van der Waals surface area contributed by atoms with Crippen LogP contribution in [0.3, 0.4) is 0 Å². The molecule has 0 unspecified atom stereocenters. The summed E-state index contributed by atoms with van der Waals surface area (Å²) in [5.41, 5.74) is 8.06. The molecule has 16 heavy (non-hydrogen) atoms. The van der Waals surface area contributed by atoms with Gasteiger partial charge in [-0.3, -0.25) is 4.68 Å². The van der Waals surface area contributed by atoms with Gasteiger partial charge in [-0.25, -0.2) is 0 Å². The van der Waals surface area contributed by atoms with Crippen molar-refractivity contribution in [3.8, 4) is 0 Å². The van der Waals surface area contributed by atoms with Gasteiger partial charge in [0.1, 0.15) is 0 Å². The summed E-state index contributed by atoms with van der Waals surface area (Å²) in [6.07, 6.45) is 3.02. The van der Waals surface area contributed by atoms with E-state index in [1.807, 2.05) is 17.9 Å². The first-order valence-electron chi connectivity index (χ1n) is 5.74. The lowest BCUT2D eigenvalue weighted by molar-refractivity contribution is 0.0201. The first-order chi connectivity index (χ1) is 7.22. The number of rotatable bonds is 1. The van der Waals surface area contributed by atoms with Gasteiger partial charge in [-0.1, -0.05) is 20.8 Å². The van der Waals surface area contributed by atoms with Gasteiger partial charge in [-0.2, -0.15) is 5.10 Å². The molecular weight excluding hydrogens is 202 g/mol. The number of aryl methyl sites for hydroxylation is 1. The molecule has 1 heterocycles. The Hall–Kier alpha value is -0.870. The maximum Gasteiger partial charge on any atom is 0.0728 e. The van der Waals surface area contributed by atoms with Crippen molar-refractivity contribution in [1.29, 1.82) is 0 Å². The standard InChI is InChI=1S/C12H21N3O/c1-11(2,3)10-9(7-15(4)14-10)12(13)5-8(16)6-12/h7-8,16H,5-6,13H2,1-4H3. The molecule has 4 heteroatoms. The SMILES string of the molecule is Cn1cc(C2(N)CC(O)C2)c(C(C)(C)C)n1. The summed E-state index contributed by atoms with van der Waals surface area (Å²) < 4.78 is 1.81. The van der Waals surface area contributed by atoms with Crippen LogP contribution >= 0.6 is 0 Å². The number of nitrogens with two attached hydrogens (primary N) is 1. The monoisotopic (exact) mass is 223 g/mol. The average Bonchev–Trinajstić information content (AvgIpc) is 2.44. The highest BCUT2D eigenvalue weighted by Gasteiger charge is 2.45. The van der Waals surface area contributed by atoms with E-state index in [0.29, 0.717) is 12.8 Å². The molecule has 1 aromatic rings. The Kier molecular flexibility index (Phi) is 2.40. The molecule has 90 valence electrons. The van der Waals surface area contributed by atoms with Crippen LogP contribution in [0.1, 0.15) is 44.9 Å². The Bertz CT molecular complexity index is 397. The third-order valence-corrected chi connectivity index (χ3v) is 3.28. The first kappa shape index (κ1) is 11.6. The van der Waals surface area contributed by atoms with E-state index in [0.717, 1.165) is 11.3 Å². The van der Waals surface area contributed by atoms with Crippen LogP contribution in [-0.4, -0.2) is 21.0 Å². The molecule has 1 aliphatic rings. The van der Waals surface area contributed by atoms with Crippen LogP contribution in [0.2, 0.25) is 0 Å². The molecule has 0 atom stereocenters. The third kappa shape index (κ3) is 1.76. The molecule has 1 aliphatic carbocycles. The normalized spacial score (nSPS) is 30.2. The molecule has 0 spiro atoms. The van der Waals surface area contributed by atoms with Crippen LogP contribution in [0.4, 0.5) is 0 Å². The first-order valence-corrected chi connectivity index (χ1v) is 5.74. The quantitative estimate of drug-likeness (QED) is 0.747. The summed E-state index contributed by atoms with van der Waals surface area (Å²) in [6, 6.07) is 0. The number of aliphatic hydroxyl groups is 1. The fourth-order valence-electron chi connectivity index (χ4n) is 2.41. The van der Waals surface area contributed by atoms with E-state index in [-0.39, 0.29) is 17.1 Å². The van der Waals surface area contributed by atoms with Crippen LogP contribution in [0.25, 0.3) is 0 Å². The second-order valence-corrected chi connectivity index (χ2v) is 6.03. The van der Waals surface area contributed by atoms with Gasteiger partial charge >= 0.3 is 0 Å². The summed E-state index contributed by atoms with van der Waals surface area (Å²) in [7, 11) is 1.91. The minimum absolute atomic E-state index is 0.0104. The molecule has 1 fully saturated rings. The number of hydrogen-bond acceptors (Lipinski definition) is 3. The predicted octanol–water partition coefficient (Wildman–Crippen LogP) is 1.03. The van der Waals surface area contributed by atoms with Crippen molar-refractivity contribution < 1.29 is 5.11 Å². The maximum atomic E-state index is 9.44. The molecule has 0 bridgehead atoms. The maximum absolute atomic E-state index is 9.44. The van der Waals surface area contributed by atoms with Crippen molar-refractivity contribution in [3.63, 3.8) is 0 Å². The zero-order valence-corrected chi connectivity index (χ0v) is 10.5. The molecule has 0 saturated heterocycles. The lowest BCUT2D eigenvalue weighted by Crippen LogP contribution is -2.52. The Labute approximate surface area is 96.5 Å². The molecule has 1 saturated carbocycles. The zero-order valence-electron chi connectivity index (χ0n) is 10.5. The fraction of sp³-hybridized carbons (Fsp3) is 0.750. The van der Waals surface area contributed by atoms with Crippen molar-refractivity contribution in [2.24, 2.45) is 12.8 Å². The lowest BCUT2D eigenvalue weighted by atomic mass is 9.68. The smallest absolute Gasteiger partial charge is 0.0728 e. The second kappa shape index (κ2) is 3.31. The minimum Gasteiger partial charge on any atom is -0.393 e. The van der Waals surface area contributed by atoms with Gasteiger partial charge in [0.2, 0.25) is 0 Å². The fourth-order valence-corrected chi connectivity index (χ4v) is 2.41. The van der Waals surface area contributed by atoms with Crippen LogP contribution in [0.15, 0.2) is 6.20 Å². The molecule has 0 aromatic carbocycles. The summed E-state index contributed by atoms with van der Waals surface area (Å²) in [5, 5.41) is 13.9. The second-order valence-electron chi connectivity index (χ2n) is 6.03. The largest absolute Gasteiger partial charge is 0.393 e. The highest BCUT2D eigenvalue weighted by molar-refractivity contribution is 5.34. The molecule has 2 rings (SSSR count). The van der Waals surface area contributed by atoms with E-state index >= 15 is 0 Å². The summed E-state index contributed by atoms with van der Waals surface area (Å²) in [4.78, 5) is 0. The van der Waals surface area contributed by atoms with E-state index < -0.39 is 0 Å². The van der Waals surface area contributed by atoms with Crippen molar-refractivity contribution >= 4 is 0 Å². The summed E-state index contributed by atoms with van der Waals surface area (Å²) >= 11 is 0. The Balaban J connectivity index is 2.41. The van der Waals surface area contributed by atoms with E-state index in [1.165, 1.54) is 0 Å². The molecule has 1 aromatic heterocycles. The number of hydrogen-bond donors (Lipinski definition) is 2. The molecule has 4 nitrogen and oxygen atoms in total. The van der Waals surface area contributed by atoms with Crippen molar-refractivity contribution in [2.75, 3.05) is 0 Å². The van der Waals surface area contributed by atoms with Crippen molar-refractivity contribution in [1.82, 2.24) is 9.78 Å². The average molecular weight is 223 g/mol. The Morgan fingerprint density at radius 2 is 2.06 bits per heavy atom. The van der Waals surface area contributed by atoms with E-state index in [9.17, 15) is 5.11 Å². The lowest BCUT2D eigenvalue weighted by Gasteiger charge is -2.43. The van der Waals surface area contributed by atoms with Gasteiger partial charge in [0.25, 0.3) is 0 Å². The predicted molar refractivity (Wildman–Crippen MR) is 63.0 cm³/mol. The molecule has 3 N–H and O–H groups in total. The van der Waals surface area contributed by atoms with Gasteiger partial charge in [-0.15, -0.1) is 0 Å². The van der Waals surface area contributed by atoms with Crippen LogP contribution in [0, 0.1) is 0 Å². The molecule has 0 aliphatic heterocycles. The van der Waals surface area contributed by atoms with Crippen LogP contribution in [-0.2, 0) is 18.0 Å². The molecule has 0 amide bonds. The van der Waals surface area contributed by atoms with Crippen LogP contribution < -0.4 is 5.73 Å². The van der Waals surface area contributed by atoms with E-state index in [4.69, 9.17) is 5.73 Å². The summed E-state index contributed by atoms with van der Waals surface area (Å²) in [5.74, 6) is 0. The van der Waals surface area contributed by atoms with Gasteiger partial charge in [0, 0.05) is 29.8 Å². The Morgan fingerprint density at radius 3 is 2.50 bits per heavy atom. The van der Waals surface area contributed by atoms with Gasteiger partial charge in [0.15, 0.2) is 0 Å². The molecule has 0 radical (unpaired) electrons. The number of nitrogens with zero attached hydrogens (tertiary/aromatic N) is 2. The number of aromatic nitrogens is 2. The van der Waals surface area contributed by atoms with Gasteiger partial charge < -0.3 is 10.8 Å². The topological polar surface area (TPSA) is 64.1 Å². The number of aliphatic hydroxyl groups excluding tert-OH is 1. The van der Waals surface area contributed by atoms with E-state index in [1.54, 1.807) is 0 Å². The molecular formula is C12H21N3O. The van der Waals surface area contributed by atoms with Crippen LogP contribution in [0.5, 0.6) is 0 Å². The van der Waals surface area contributed by atoms with E-state index in [2.05, 4.69) is 25.9 Å². The van der Waals surface area contributed by atoms with Gasteiger partial charge in [0.05, 0.1) is 11.8 Å². The van der Waals surface area contributed by atoms with Crippen molar-refractivity contribution in [3.05, 3.63) is 17.5 Å². The Morgan fingerprint density at radius 1 is 1.50 bits per heavy atom. The third-order valence-electron chi connectivity index (χ3n) is 3.28. The zero-order chi connectivity index (χ0) is 12.1. The highest BCUT2D eigenvalue weighted by Crippen LogP contribution is 2.42. The van der Waals surface area contributed by atoms with Crippen molar-refractivity contribution in [2.45, 2.75) is 50.7 Å². The summed E-state index contributed by atoms with van der Waals surface area (Å²) in [6.45, 7) is 6.41. The van der Waals surface area contributed by atoms with Gasteiger partial charge in [-0.05, 0) is 12.8 Å².